The Bertz CT molecular complexity index is 145. The summed E-state index contributed by atoms with van der Waals surface area (Å²) in [5.74, 6) is 0.524. The van der Waals surface area contributed by atoms with Gasteiger partial charge in [0.1, 0.15) is 0 Å². The second kappa shape index (κ2) is 19.2. The molecule has 3 heteroatoms. The summed E-state index contributed by atoms with van der Waals surface area (Å²) in [6.45, 7) is 3.37. The molecule has 1 N–H and O–H groups in total. The Morgan fingerprint density at radius 3 is 1.56 bits per heavy atom. The van der Waals surface area contributed by atoms with Crippen LogP contribution in [0.2, 0.25) is 0 Å². The number of carboxylic acids is 1. The van der Waals surface area contributed by atoms with Crippen LogP contribution in [0.25, 0.3) is 0 Å². The van der Waals surface area contributed by atoms with Crippen molar-refractivity contribution in [3.63, 3.8) is 0 Å². The van der Waals surface area contributed by atoms with Crippen molar-refractivity contribution < 1.29 is 9.90 Å². The maximum absolute atomic E-state index is 9.00. The van der Waals surface area contributed by atoms with Gasteiger partial charge < -0.3 is 5.11 Å². The van der Waals surface area contributed by atoms with E-state index < -0.39 is 5.97 Å². The summed E-state index contributed by atoms with van der Waals surface area (Å²) in [7, 11) is 0. The van der Waals surface area contributed by atoms with Crippen LogP contribution in [-0.4, -0.2) is 23.1 Å². The summed E-state index contributed by atoms with van der Waals surface area (Å²) in [5.41, 5.74) is 0. The zero-order valence-electron chi connectivity index (χ0n) is 12.5. The third-order valence-corrected chi connectivity index (χ3v) is 3.40. The average Bonchev–Trinajstić information content (AvgIpc) is 2.31. The van der Waals surface area contributed by atoms with Crippen molar-refractivity contribution in [1.82, 2.24) is 0 Å². The molecular weight excluding hydrogens is 244 g/mol. The van der Waals surface area contributed by atoms with Crippen LogP contribution in [0.5, 0.6) is 0 Å². The molecular formula is C15H32O2S. The highest BCUT2D eigenvalue weighted by Crippen LogP contribution is 2.11. The average molecular weight is 276 g/mol. The Labute approximate surface area is 118 Å². The van der Waals surface area contributed by atoms with Crippen LogP contribution in [0, 0.1) is 0 Å². The molecule has 0 aliphatic heterocycles. The van der Waals surface area contributed by atoms with Crippen molar-refractivity contribution in [3.05, 3.63) is 0 Å². The fourth-order valence-corrected chi connectivity index (χ4v) is 2.23. The van der Waals surface area contributed by atoms with E-state index in [1.54, 1.807) is 0 Å². The lowest BCUT2D eigenvalue weighted by Gasteiger charge is -2.01. The highest BCUT2D eigenvalue weighted by Gasteiger charge is 1.91. The maximum atomic E-state index is 9.00. The minimum atomic E-state index is -0.833. The Morgan fingerprint density at radius 2 is 1.22 bits per heavy atom. The van der Waals surface area contributed by atoms with Crippen molar-refractivity contribution in [1.29, 1.82) is 0 Å². The molecule has 0 amide bonds. The Hall–Kier alpha value is -0.180. The summed E-state index contributed by atoms with van der Waals surface area (Å²) in [6, 6.07) is 0. The zero-order chi connectivity index (χ0) is 14.1. The van der Waals surface area contributed by atoms with E-state index in [9.17, 15) is 0 Å². The first-order valence-electron chi connectivity index (χ1n) is 7.33. The maximum Gasteiger partial charge on any atom is 0.300 e. The van der Waals surface area contributed by atoms with Gasteiger partial charge in [-0.1, -0.05) is 64.7 Å². The molecule has 0 aliphatic carbocycles. The Morgan fingerprint density at radius 1 is 0.889 bits per heavy atom. The zero-order valence-corrected chi connectivity index (χ0v) is 13.4. The molecule has 0 aromatic heterocycles. The van der Waals surface area contributed by atoms with E-state index >= 15 is 0 Å². The fourth-order valence-electron chi connectivity index (χ4n) is 1.73. The van der Waals surface area contributed by atoms with E-state index in [1.807, 2.05) is 11.8 Å². The second-order valence-corrected chi connectivity index (χ2v) is 5.68. The molecule has 2 nitrogen and oxygen atoms in total. The number of aliphatic carboxylic acids is 1. The molecule has 0 rings (SSSR count). The SMILES string of the molecule is CC(=O)O.CCCCCCCCCCCCSC. The molecule has 110 valence electrons. The second-order valence-electron chi connectivity index (χ2n) is 4.69. The van der Waals surface area contributed by atoms with Gasteiger partial charge in [-0.05, 0) is 18.4 Å². The molecule has 0 bridgehead atoms. The quantitative estimate of drug-likeness (QED) is 0.516. The van der Waals surface area contributed by atoms with Gasteiger partial charge in [0.05, 0.1) is 0 Å². The first kappa shape index (κ1) is 20.1. The lowest BCUT2D eigenvalue weighted by atomic mass is 10.1. The Balaban J connectivity index is 0. The van der Waals surface area contributed by atoms with Gasteiger partial charge in [-0.2, -0.15) is 11.8 Å². The number of hydrogen-bond donors (Lipinski definition) is 1. The molecule has 0 unspecified atom stereocenters. The van der Waals surface area contributed by atoms with E-state index in [0.29, 0.717) is 0 Å². The monoisotopic (exact) mass is 276 g/mol. The van der Waals surface area contributed by atoms with Crippen LogP contribution in [0.3, 0.4) is 0 Å². The minimum absolute atomic E-state index is 0.833. The lowest BCUT2D eigenvalue weighted by Crippen LogP contribution is -1.82. The highest BCUT2D eigenvalue weighted by atomic mass is 32.2. The normalized spacial score (nSPS) is 9.72. The van der Waals surface area contributed by atoms with Crippen LogP contribution >= 0.6 is 11.8 Å². The van der Waals surface area contributed by atoms with Crippen molar-refractivity contribution in [2.75, 3.05) is 12.0 Å². The molecule has 18 heavy (non-hydrogen) atoms. The van der Waals surface area contributed by atoms with E-state index in [2.05, 4.69) is 13.2 Å². The van der Waals surface area contributed by atoms with E-state index in [-0.39, 0.29) is 0 Å². The summed E-state index contributed by atoms with van der Waals surface area (Å²) in [5, 5.41) is 7.42. The highest BCUT2D eigenvalue weighted by molar-refractivity contribution is 7.98. The standard InChI is InChI=1S/C13H28S.C2H4O2/c1-3-4-5-6-7-8-9-10-11-12-13-14-2;1-2(3)4/h3-13H2,1-2H3;1H3,(H,3,4). The molecule has 0 spiro atoms. The number of unbranched alkanes of at least 4 members (excludes halogenated alkanes) is 9. The minimum Gasteiger partial charge on any atom is -0.481 e. The number of carbonyl (C=O) groups is 1. The van der Waals surface area contributed by atoms with Gasteiger partial charge in [-0.15, -0.1) is 0 Å². The molecule has 0 radical (unpaired) electrons. The van der Waals surface area contributed by atoms with Gasteiger partial charge in [0, 0.05) is 6.92 Å². The van der Waals surface area contributed by atoms with E-state index in [1.165, 1.54) is 70.0 Å². The molecule has 0 saturated carbocycles. The molecule has 0 aromatic rings. The van der Waals surface area contributed by atoms with Gasteiger partial charge in [0.25, 0.3) is 5.97 Å². The van der Waals surface area contributed by atoms with Gasteiger partial charge in [-0.3, -0.25) is 4.79 Å². The molecule has 0 heterocycles. The first-order chi connectivity index (χ1) is 8.65. The smallest absolute Gasteiger partial charge is 0.300 e. The van der Waals surface area contributed by atoms with E-state index in [4.69, 9.17) is 9.90 Å². The van der Waals surface area contributed by atoms with Crippen molar-refractivity contribution in [2.45, 2.75) is 78.1 Å². The summed E-state index contributed by atoms with van der Waals surface area (Å²) in [6.07, 6.45) is 16.7. The Kier molecular flexibility index (Phi) is 21.4. The largest absolute Gasteiger partial charge is 0.481 e. The van der Waals surface area contributed by atoms with Crippen LogP contribution in [0.1, 0.15) is 78.1 Å². The molecule has 0 atom stereocenters. The van der Waals surface area contributed by atoms with Crippen LogP contribution in [0.15, 0.2) is 0 Å². The predicted molar refractivity (Wildman–Crippen MR) is 83.5 cm³/mol. The summed E-state index contributed by atoms with van der Waals surface area (Å²) >= 11 is 1.98. The van der Waals surface area contributed by atoms with Gasteiger partial charge >= 0.3 is 0 Å². The van der Waals surface area contributed by atoms with Crippen LogP contribution in [0.4, 0.5) is 0 Å². The van der Waals surface area contributed by atoms with Crippen molar-refractivity contribution in [3.8, 4) is 0 Å². The number of thioether (sulfide) groups is 1. The van der Waals surface area contributed by atoms with Crippen molar-refractivity contribution in [2.24, 2.45) is 0 Å². The molecule has 0 aliphatic rings. The lowest BCUT2D eigenvalue weighted by molar-refractivity contribution is -0.134. The van der Waals surface area contributed by atoms with Gasteiger partial charge in [0.15, 0.2) is 0 Å². The summed E-state index contributed by atoms with van der Waals surface area (Å²) < 4.78 is 0. The van der Waals surface area contributed by atoms with Gasteiger partial charge in [-0.25, -0.2) is 0 Å². The van der Waals surface area contributed by atoms with Crippen LogP contribution in [-0.2, 0) is 4.79 Å². The molecule has 0 saturated heterocycles. The van der Waals surface area contributed by atoms with Crippen LogP contribution < -0.4 is 0 Å². The third kappa shape index (κ3) is 29.7. The van der Waals surface area contributed by atoms with E-state index in [0.717, 1.165) is 6.92 Å². The number of carboxylic acid groups (broad SMARTS) is 1. The fraction of sp³-hybridized carbons (Fsp3) is 0.933. The first-order valence-corrected chi connectivity index (χ1v) is 8.73. The third-order valence-electron chi connectivity index (χ3n) is 2.70. The molecule has 0 fully saturated rings. The number of rotatable bonds is 11. The number of hydrogen-bond acceptors (Lipinski definition) is 2. The summed E-state index contributed by atoms with van der Waals surface area (Å²) in [4.78, 5) is 9.00. The van der Waals surface area contributed by atoms with Gasteiger partial charge in [0.2, 0.25) is 0 Å². The predicted octanol–water partition coefficient (Wildman–Crippen LogP) is 5.36. The topological polar surface area (TPSA) is 37.3 Å². The van der Waals surface area contributed by atoms with Crippen molar-refractivity contribution >= 4 is 17.7 Å². The molecule has 0 aromatic carbocycles.